The van der Waals surface area contributed by atoms with E-state index in [9.17, 15) is 0 Å². The van der Waals surface area contributed by atoms with Gasteiger partial charge in [0.1, 0.15) is 0 Å². The van der Waals surface area contributed by atoms with Crippen LogP contribution in [0.25, 0.3) is 10.9 Å². The minimum atomic E-state index is 0. The first-order valence-electron chi connectivity index (χ1n) is 7.13. The summed E-state index contributed by atoms with van der Waals surface area (Å²) in [5, 5.41) is 4.79. The van der Waals surface area contributed by atoms with Gasteiger partial charge in [0, 0.05) is 25.1 Å². The fourth-order valence-corrected chi connectivity index (χ4v) is 2.43. The maximum absolute atomic E-state index is 3.53. The van der Waals surface area contributed by atoms with Crippen molar-refractivity contribution in [1.82, 2.24) is 10.3 Å². The van der Waals surface area contributed by atoms with Gasteiger partial charge in [-0.2, -0.15) is 0 Å². The molecule has 2 heteroatoms. The summed E-state index contributed by atoms with van der Waals surface area (Å²) in [7, 11) is 0. The van der Waals surface area contributed by atoms with Gasteiger partial charge in [0.2, 0.25) is 0 Å². The summed E-state index contributed by atoms with van der Waals surface area (Å²) < 4.78 is 0. The highest BCUT2D eigenvalue weighted by molar-refractivity contribution is 5.80. The van der Waals surface area contributed by atoms with Crippen molar-refractivity contribution < 1.29 is 1.43 Å². The van der Waals surface area contributed by atoms with E-state index in [1.54, 1.807) is 0 Å². The molecule has 0 saturated carbocycles. The van der Waals surface area contributed by atoms with Crippen LogP contribution >= 0.6 is 0 Å². The molecule has 1 aromatic heterocycles. The predicted octanol–water partition coefficient (Wildman–Crippen LogP) is 4.30. The molecule has 0 radical (unpaired) electrons. The number of para-hydroxylation sites is 1. The van der Waals surface area contributed by atoms with Gasteiger partial charge in [0.15, 0.2) is 0 Å². The molecule has 0 bridgehead atoms. The van der Waals surface area contributed by atoms with Gasteiger partial charge in [-0.3, -0.25) is 0 Å². The van der Waals surface area contributed by atoms with E-state index in [1.165, 1.54) is 42.4 Å². The largest absolute Gasteiger partial charge is 0.358 e. The summed E-state index contributed by atoms with van der Waals surface area (Å²) in [6, 6.07) is 10.8. The number of nitrogens with one attached hydrogen (secondary N) is 2. The van der Waals surface area contributed by atoms with Crippen LogP contribution in [0, 0.1) is 0 Å². The zero-order valence-corrected chi connectivity index (χ0v) is 11.5. The second-order valence-corrected chi connectivity index (χ2v) is 5.06. The maximum Gasteiger partial charge on any atom is 0.0456 e. The van der Waals surface area contributed by atoms with Crippen LogP contribution < -0.4 is 5.32 Å². The van der Waals surface area contributed by atoms with E-state index >= 15 is 0 Å². The molecule has 1 fully saturated rings. The minimum absolute atomic E-state index is 0. The van der Waals surface area contributed by atoms with E-state index in [2.05, 4.69) is 54.5 Å². The quantitative estimate of drug-likeness (QED) is 0.771. The number of aromatic amines is 1. The van der Waals surface area contributed by atoms with Gasteiger partial charge in [-0.05, 0) is 36.9 Å². The first-order chi connectivity index (χ1) is 8.85. The molecule has 100 valence electrons. The zero-order chi connectivity index (χ0) is 12.8. The van der Waals surface area contributed by atoms with E-state index in [0.29, 0.717) is 5.92 Å². The Balaban J connectivity index is 0.000000416. The molecule has 2 aromatic rings. The number of fused-ring (bicyclic) bond motifs is 1. The van der Waals surface area contributed by atoms with Crippen LogP contribution in [0.3, 0.4) is 0 Å². The van der Waals surface area contributed by atoms with E-state index in [0.717, 1.165) is 6.54 Å². The van der Waals surface area contributed by atoms with Crippen LogP contribution in [0.4, 0.5) is 0 Å². The number of benzene rings is 1. The smallest absolute Gasteiger partial charge is 0.0456 e. The molecule has 1 saturated heterocycles. The Morgan fingerprint density at radius 2 is 2.06 bits per heavy atom. The van der Waals surface area contributed by atoms with Crippen molar-refractivity contribution in [1.29, 1.82) is 0 Å². The van der Waals surface area contributed by atoms with Crippen molar-refractivity contribution in [3.63, 3.8) is 0 Å². The third-order valence-electron chi connectivity index (χ3n) is 3.29. The second-order valence-electron chi connectivity index (χ2n) is 5.06. The SMILES string of the molecule is CCC.[HH].c1ccc2[nH]c(C3CCCNC3)cc2c1. The normalized spacial score (nSPS) is 19.3. The van der Waals surface area contributed by atoms with Crippen molar-refractivity contribution in [2.45, 2.75) is 39.0 Å². The molecule has 1 aliphatic heterocycles. The summed E-state index contributed by atoms with van der Waals surface area (Å²) in [6.07, 6.45) is 3.85. The van der Waals surface area contributed by atoms with E-state index in [4.69, 9.17) is 0 Å². The lowest BCUT2D eigenvalue weighted by molar-refractivity contribution is 0.456. The molecule has 2 N–H and O–H groups in total. The molecule has 0 amide bonds. The second kappa shape index (κ2) is 6.60. The Hall–Kier alpha value is -1.28. The molecule has 0 spiro atoms. The zero-order valence-electron chi connectivity index (χ0n) is 11.5. The first-order valence-corrected chi connectivity index (χ1v) is 7.13. The van der Waals surface area contributed by atoms with Crippen LogP contribution in [0.2, 0.25) is 0 Å². The number of hydrogen-bond donors (Lipinski definition) is 2. The number of rotatable bonds is 1. The van der Waals surface area contributed by atoms with E-state index in [1.807, 2.05) is 0 Å². The molecule has 3 rings (SSSR count). The standard InChI is InChI=1S/C13H16N2.C3H8.H2/c1-2-6-12-10(4-1)8-13(15-12)11-5-3-7-14-9-11;1-3-2;/h1-2,4,6,8,11,14-15H,3,5,7,9H2;3H2,1-2H3;1H. The Morgan fingerprint density at radius 1 is 1.28 bits per heavy atom. The van der Waals surface area contributed by atoms with Crippen LogP contribution in [0.15, 0.2) is 30.3 Å². The van der Waals surface area contributed by atoms with Crippen LogP contribution in [0.1, 0.15) is 46.1 Å². The molecule has 0 aliphatic carbocycles. The Labute approximate surface area is 111 Å². The third-order valence-corrected chi connectivity index (χ3v) is 3.29. The maximum atomic E-state index is 3.53. The molecule has 2 heterocycles. The monoisotopic (exact) mass is 246 g/mol. The van der Waals surface area contributed by atoms with Crippen LogP contribution in [0.5, 0.6) is 0 Å². The molecule has 18 heavy (non-hydrogen) atoms. The Morgan fingerprint density at radius 3 is 2.72 bits per heavy atom. The molecule has 2 nitrogen and oxygen atoms in total. The molecule has 1 aliphatic rings. The van der Waals surface area contributed by atoms with E-state index < -0.39 is 0 Å². The average Bonchev–Trinajstić information content (AvgIpc) is 2.84. The van der Waals surface area contributed by atoms with Gasteiger partial charge < -0.3 is 10.3 Å². The van der Waals surface area contributed by atoms with Gasteiger partial charge in [-0.15, -0.1) is 0 Å². The minimum Gasteiger partial charge on any atom is -0.358 e. The van der Waals surface area contributed by atoms with Crippen molar-refractivity contribution in [3.05, 3.63) is 36.0 Å². The fourth-order valence-electron chi connectivity index (χ4n) is 2.43. The lowest BCUT2D eigenvalue weighted by atomic mass is 9.96. The number of H-pyrrole nitrogens is 1. The average molecular weight is 246 g/mol. The van der Waals surface area contributed by atoms with Crippen molar-refractivity contribution in [2.75, 3.05) is 13.1 Å². The van der Waals surface area contributed by atoms with Gasteiger partial charge in [-0.25, -0.2) is 0 Å². The summed E-state index contributed by atoms with van der Waals surface area (Å²) >= 11 is 0. The molecule has 1 aromatic carbocycles. The van der Waals surface area contributed by atoms with Crippen LogP contribution in [-0.4, -0.2) is 18.1 Å². The lowest BCUT2D eigenvalue weighted by Crippen LogP contribution is -2.28. The van der Waals surface area contributed by atoms with Crippen LogP contribution in [-0.2, 0) is 0 Å². The molecular formula is C16H26N2. The summed E-state index contributed by atoms with van der Waals surface area (Å²) in [4.78, 5) is 3.53. The number of hydrogen-bond acceptors (Lipinski definition) is 1. The predicted molar refractivity (Wildman–Crippen MR) is 81.2 cm³/mol. The molecule has 1 unspecified atom stereocenters. The van der Waals surface area contributed by atoms with Gasteiger partial charge in [0.25, 0.3) is 0 Å². The van der Waals surface area contributed by atoms with Gasteiger partial charge in [-0.1, -0.05) is 38.5 Å². The summed E-state index contributed by atoms with van der Waals surface area (Å²) in [5.74, 6) is 0.672. The molecule has 1 atom stereocenters. The van der Waals surface area contributed by atoms with Crippen molar-refractivity contribution >= 4 is 10.9 Å². The summed E-state index contributed by atoms with van der Waals surface area (Å²) in [6.45, 7) is 6.55. The first kappa shape index (κ1) is 13.2. The Bertz CT molecular complexity index is 439. The number of piperidine rings is 1. The third kappa shape index (κ3) is 3.14. The summed E-state index contributed by atoms with van der Waals surface area (Å²) in [5.41, 5.74) is 2.65. The van der Waals surface area contributed by atoms with Crippen molar-refractivity contribution in [2.24, 2.45) is 0 Å². The van der Waals surface area contributed by atoms with Gasteiger partial charge in [0.05, 0.1) is 0 Å². The fraction of sp³-hybridized carbons (Fsp3) is 0.500. The number of aromatic nitrogens is 1. The lowest BCUT2D eigenvalue weighted by Gasteiger charge is -2.21. The highest BCUT2D eigenvalue weighted by atomic mass is 14.9. The highest BCUT2D eigenvalue weighted by Crippen LogP contribution is 2.25. The molecular weight excluding hydrogens is 220 g/mol. The topological polar surface area (TPSA) is 27.8 Å². The Kier molecular flexibility index (Phi) is 4.82. The van der Waals surface area contributed by atoms with Gasteiger partial charge >= 0.3 is 0 Å². The van der Waals surface area contributed by atoms with Crippen molar-refractivity contribution in [3.8, 4) is 0 Å². The highest BCUT2D eigenvalue weighted by Gasteiger charge is 2.16. The van der Waals surface area contributed by atoms with E-state index in [-0.39, 0.29) is 1.43 Å².